The van der Waals surface area contributed by atoms with E-state index in [2.05, 4.69) is 10.2 Å². The van der Waals surface area contributed by atoms with Crippen molar-refractivity contribution in [1.29, 1.82) is 0 Å². The Kier molecular flexibility index (Phi) is 6.54. The number of aromatic nitrogens is 2. The van der Waals surface area contributed by atoms with Crippen molar-refractivity contribution >= 4 is 5.97 Å². The van der Waals surface area contributed by atoms with E-state index in [1.165, 1.54) is 18.3 Å². The van der Waals surface area contributed by atoms with Gasteiger partial charge in [-0.3, -0.25) is 5.10 Å². The molecule has 7 nitrogen and oxygen atoms in total. The average molecular weight is 448 g/mol. The molecule has 0 bridgehead atoms. The van der Waals surface area contributed by atoms with E-state index in [-0.39, 0.29) is 18.2 Å². The summed E-state index contributed by atoms with van der Waals surface area (Å²) < 4.78 is 30.2. The molecule has 0 spiro atoms. The van der Waals surface area contributed by atoms with Crippen LogP contribution in [0.5, 0.6) is 23.0 Å². The molecule has 1 heterocycles. The lowest BCUT2D eigenvalue weighted by atomic mass is 10.1. The van der Waals surface area contributed by atoms with Crippen LogP contribution in [0.25, 0.3) is 11.3 Å². The summed E-state index contributed by atoms with van der Waals surface area (Å²) in [4.78, 5) is 11.8. The number of rotatable bonds is 8. The van der Waals surface area contributed by atoms with Crippen molar-refractivity contribution in [3.63, 3.8) is 0 Å². The lowest BCUT2D eigenvalue weighted by Crippen LogP contribution is -2.04. The lowest BCUT2D eigenvalue weighted by molar-refractivity contribution is 0.0526. The van der Waals surface area contributed by atoms with Gasteiger partial charge in [0.05, 0.1) is 18.4 Å². The maximum Gasteiger partial charge on any atom is 0.338 e. The Morgan fingerprint density at radius 3 is 2.55 bits per heavy atom. The van der Waals surface area contributed by atoms with Gasteiger partial charge < -0.3 is 19.3 Å². The molecule has 3 aromatic carbocycles. The number of phenolic OH excluding ortho intramolecular Hbond substituents is 1. The lowest BCUT2D eigenvalue weighted by Gasteiger charge is -2.11. The van der Waals surface area contributed by atoms with E-state index in [1.807, 2.05) is 0 Å². The summed E-state index contributed by atoms with van der Waals surface area (Å²) in [5.41, 5.74) is 1.74. The molecule has 0 aliphatic heterocycles. The van der Waals surface area contributed by atoms with Crippen molar-refractivity contribution in [3.05, 3.63) is 89.9 Å². The van der Waals surface area contributed by atoms with E-state index in [0.29, 0.717) is 46.2 Å². The first-order valence-corrected chi connectivity index (χ1v) is 10.2. The van der Waals surface area contributed by atoms with Gasteiger partial charge in [0.1, 0.15) is 35.4 Å². The molecule has 0 atom stereocenters. The third-order valence-corrected chi connectivity index (χ3v) is 4.79. The fourth-order valence-electron chi connectivity index (χ4n) is 3.14. The highest BCUT2D eigenvalue weighted by atomic mass is 19.1. The maximum absolute atomic E-state index is 13.8. The van der Waals surface area contributed by atoms with Crippen LogP contribution < -0.4 is 9.47 Å². The number of halogens is 1. The Bertz CT molecular complexity index is 1250. The normalized spacial score (nSPS) is 10.6. The zero-order chi connectivity index (χ0) is 23.2. The first-order chi connectivity index (χ1) is 16.0. The van der Waals surface area contributed by atoms with Gasteiger partial charge in [0.15, 0.2) is 5.75 Å². The molecule has 0 fully saturated rings. The third kappa shape index (κ3) is 5.12. The van der Waals surface area contributed by atoms with Gasteiger partial charge in [0.25, 0.3) is 0 Å². The molecule has 0 unspecified atom stereocenters. The molecule has 0 radical (unpaired) electrons. The van der Waals surface area contributed by atoms with Crippen LogP contribution in [0, 0.1) is 5.82 Å². The van der Waals surface area contributed by atoms with Crippen molar-refractivity contribution in [2.75, 3.05) is 6.61 Å². The van der Waals surface area contributed by atoms with Crippen LogP contribution >= 0.6 is 0 Å². The highest BCUT2D eigenvalue weighted by Crippen LogP contribution is 2.38. The largest absolute Gasteiger partial charge is 0.507 e. The summed E-state index contributed by atoms with van der Waals surface area (Å²) in [6, 6.07) is 17.6. The van der Waals surface area contributed by atoms with E-state index in [4.69, 9.17) is 14.2 Å². The highest BCUT2D eigenvalue weighted by molar-refractivity contribution is 5.89. The standard InChI is InChI=1S/C25H21FN2O5/c1-2-31-25(30)16-7-9-18(10-8-16)33-23-14-27-28-24(23)20-12-11-19(13-22(20)29)32-15-17-5-3-4-6-21(17)26/h3-14,29H,2,15H2,1H3,(H,27,28). The van der Waals surface area contributed by atoms with E-state index in [9.17, 15) is 14.3 Å². The Balaban J connectivity index is 1.48. The second kappa shape index (κ2) is 9.86. The van der Waals surface area contributed by atoms with Crippen LogP contribution in [0.4, 0.5) is 4.39 Å². The molecule has 0 amide bonds. The van der Waals surface area contributed by atoms with Crippen molar-refractivity contribution in [2.24, 2.45) is 0 Å². The van der Waals surface area contributed by atoms with Gasteiger partial charge in [0.2, 0.25) is 0 Å². The smallest absolute Gasteiger partial charge is 0.338 e. The van der Waals surface area contributed by atoms with Crippen molar-refractivity contribution in [1.82, 2.24) is 10.2 Å². The molecule has 8 heteroatoms. The number of aromatic hydroxyl groups is 1. The minimum atomic E-state index is -0.407. The van der Waals surface area contributed by atoms with Crippen LogP contribution in [0.1, 0.15) is 22.8 Å². The van der Waals surface area contributed by atoms with Gasteiger partial charge in [0, 0.05) is 17.2 Å². The predicted molar refractivity (Wildman–Crippen MR) is 119 cm³/mol. The summed E-state index contributed by atoms with van der Waals surface area (Å²) in [6.07, 6.45) is 1.48. The number of hydrogen-bond donors (Lipinski definition) is 2. The summed E-state index contributed by atoms with van der Waals surface area (Å²) in [5, 5.41) is 17.4. The topological polar surface area (TPSA) is 93.7 Å². The number of carbonyl (C=O) groups is 1. The number of esters is 1. The zero-order valence-electron chi connectivity index (χ0n) is 17.7. The molecule has 0 aliphatic carbocycles. The molecule has 1 aromatic heterocycles. The number of hydrogen-bond acceptors (Lipinski definition) is 6. The van der Waals surface area contributed by atoms with Gasteiger partial charge in [-0.25, -0.2) is 9.18 Å². The predicted octanol–water partition coefficient (Wildman–Crippen LogP) is 5.47. The number of nitrogens with one attached hydrogen (secondary N) is 1. The van der Waals surface area contributed by atoms with E-state index < -0.39 is 5.97 Å². The number of aromatic amines is 1. The van der Waals surface area contributed by atoms with Crippen LogP contribution in [0.2, 0.25) is 0 Å². The maximum atomic E-state index is 13.8. The second-order valence-electron chi connectivity index (χ2n) is 7.02. The Hall–Kier alpha value is -4.33. The summed E-state index contributed by atoms with van der Waals surface area (Å²) in [6.45, 7) is 2.07. The third-order valence-electron chi connectivity index (χ3n) is 4.79. The fraction of sp³-hybridized carbons (Fsp3) is 0.120. The minimum absolute atomic E-state index is 0.0334. The van der Waals surface area contributed by atoms with Crippen molar-refractivity contribution in [2.45, 2.75) is 13.5 Å². The monoisotopic (exact) mass is 448 g/mol. The van der Waals surface area contributed by atoms with Crippen LogP contribution in [-0.2, 0) is 11.3 Å². The zero-order valence-corrected chi connectivity index (χ0v) is 17.7. The average Bonchev–Trinajstić information content (AvgIpc) is 3.27. The van der Waals surface area contributed by atoms with Crippen LogP contribution in [0.3, 0.4) is 0 Å². The SMILES string of the molecule is CCOC(=O)c1ccc(Oc2cn[nH]c2-c2ccc(OCc3ccccc3F)cc2O)cc1. The first kappa shape index (κ1) is 21.9. The molecule has 0 aliphatic rings. The van der Waals surface area contributed by atoms with E-state index >= 15 is 0 Å². The number of H-pyrrole nitrogens is 1. The molecule has 0 saturated heterocycles. The molecular weight excluding hydrogens is 427 g/mol. The van der Waals surface area contributed by atoms with Gasteiger partial charge in [-0.2, -0.15) is 5.10 Å². The quantitative estimate of drug-likeness (QED) is 0.347. The Labute approximate surface area is 189 Å². The van der Waals surface area contributed by atoms with Gasteiger partial charge in [-0.15, -0.1) is 0 Å². The van der Waals surface area contributed by atoms with Gasteiger partial charge in [-0.1, -0.05) is 18.2 Å². The fourth-order valence-corrected chi connectivity index (χ4v) is 3.14. The molecule has 2 N–H and O–H groups in total. The van der Waals surface area contributed by atoms with E-state index in [0.717, 1.165) is 0 Å². The van der Waals surface area contributed by atoms with Gasteiger partial charge in [-0.05, 0) is 49.4 Å². The summed E-state index contributed by atoms with van der Waals surface area (Å²) in [7, 11) is 0. The second-order valence-corrected chi connectivity index (χ2v) is 7.02. The molecule has 4 rings (SSSR count). The van der Waals surface area contributed by atoms with Crippen molar-refractivity contribution < 1.29 is 28.5 Å². The number of nitrogens with zero attached hydrogens (tertiary/aromatic N) is 1. The van der Waals surface area contributed by atoms with E-state index in [1.54, 1.807) is 61.5 Å². The Morgan fingerprint density at radius 1 is 1.06 bits per heavy atom. The molecule has 33 heavy (non-hydrogen) atoms. The van der Waals surface area contributed by atoms with Crippen molar-refractivity contribution in [3.8, 4) is 34.3 Å². The molecule has 0 saturated carbocycles. The summed E-state index contributed by atoms with van der Waals surface area (Å²) >= 11 is 0. The number of ether oxygens (including phenoxy) is 3. The molecule has 4 aromatic rings. The van der Waals surface area contributed by atoms with Crippen LogP contribution in [0.15, 0.2) is 72.9 Å². The molecular formula is C25H21FN2O5. The molecule has 168 valence electrons. The minimum Gasteiger partial charge on any atom is -0.507 e. The number of phenols is 1. The van der Waals surface area contributed by atoms with Gasteiger partial charge >= 0.3 is 5.97 Å². The van der Waals surface area contributed by atoms with Crippen LogP contribution in [-0.4, -0.2) is 27.9 Å². The Morgan fingerprint density at radius 2 is 1.82 bits per heavy atom. The first-order valence-electron chi connectivity index (χ1n) is 10.2. The number of carbonyl (C=O) groups excluding carboxylic acids is 1. The highest BCUT2D eigenvalue weighted by Gasteiger charge is 2.15. The number of benzene rings is 3. The summed E-state index contributed by atoms with van der Waals surface area (Å²) in [5.74, 6) is 0.427.